The number of Topliss-reactive ketones (excluding diaryl/α,β-unsaturated/α-hetero) is 2. The van der Waals surface area contributed by atoms with Crippen LogP contribution in [0.25, 0.3) is 0 Å². The van der Waals surface area contributed by atoms with Crippen LogP contribution in [0.1, 0.15) is 70.4 Å². The number of hydrogen-bond acceptors (Lipinski definition) is 2. The van der Waals surface area contributed by atoms with E-state index in [2.05, 4.69) is 13.0 Å². The third-order valence-electron chi connectivity index (χ3n) is 4.59. The summed E-state index contributed by atoms with van der Waals surface area (Å²) >= 11 is 0. The van der Waals surface area contributed by atoms with Gasteiger partial charge in [0.05, 0.1) is 0 Å². The number of benzene rings is 2. The molecule has 0 radical (unpaired) electrons. The maximum Gasteiger partial charge on any atom is 0.178 e. The fourth-order valence-electron chi connectivity index (χ4n) is 3.33. The predicted molar refractivity (Wildman–Crippen MR) is 92.1 cm³/mol. The highest BCUT2D eigenvalue weighted by Crippen LogP contribution is 2.34. The van der Waals surface area contributed by atoms with Crippen LogP contribution >= 0.6 is 0 Å². The molecule has 0 bridgehead atoms. The minimum atomic E-state index is -0.650. The largest absolute Gasteiger partial charge is 0.293 e. The predicted octanol–water partition coefficient (Wildman–Crippen LogP) is 4.97. The van der Waals surface area contributed by atoms with Gasteiger partial charge in [-0.25, -0.2) is 0 Å². The maximum absolute atomic E-state index is 12.6. The lowest BCUT2D eigenvalue weighted by atomic mass is 9.92. The number of aryl methyl sites for hydroxylation is 1. The molecule has 0 N–H and O–H groups in total. The Bertz CT molecular complexity index is 695. The SMILES string of the molecule is CCCCCCc1cccc(C2C(=O)c3ccccc3C2=O)c1. The van der Waals surface area contributed by atoms with E-state index in [1.54, 1.807) is 12.1 Å². The van der Waals surface area contributed by atoms with E-state index < -0.39 is 5.92 Å². The lowest BCUT2D eigenvalue weighted by molar-refractivity contribution is 0.0890. The number of hydrogen-bond donors (Lipinski definition) is 0. The van der Waals surface area contributed by atoms with Crippen molar-refractivity contribution in [2.75, 3.05) is 0 Å². The number of carbonyl (C=O) groups is 2. The van der Waals surface area contributed by atoms with Gasteiger partial charge in [-0.15, -0.1) is 0 Å². The summed E-state index contributed by atoms with van der Waals surface area (Å²) in [6.45, 7) is 2.20. The van der Waals surface area contributed by atoms with E-state index in [0.717, 1.165) is 18.4 Å². The molecule has 0 heterocycles. The number of carbonyl (C=O) groups excluding carboxylic acids is 2. The zero-order valence-corrected chi connectivity index (χ0v) is 13.5. The Morgan fingerprint density at radius 3 is 2.17 bits per heavy atom. The van der Waals surface area contributed by atoms with Crippen LogP contribution in [0.2, 0.25) is 0 Å². The van der Waals surface area contributed by atoms with Crippen LogP contribution in [0.15, 0.2) is 48.5 Å². The number of fused-ring (bicyclic) bond motifs is 1. The first-order valence-corrected chi connectivity index (χ1v) is 8.48. The molecule has 1 aliphatic carbocycles. The third-order valence-corrected chi connectivity index (χ3v) is 4.59. The van der Waals surface area contributed by atoms with Gasteiger partial charge in [-0.2, -0.15) is 0 Å². The van der Waals surface area contributed by atoms with Gasteiger partial charge in [0.2, 0.25) is 0 Å². The van der Waals surface area contributed by atoms with Gasteiger partial charge in [-0.3, -0.25) is 9.59 Å². The Kier molecular flexibility index (Phi) is 4.71. The molecule has 0 aliphatic heterocycles. The zero-order chi connectivity index (χ0) is 16.2. The molecule has 0 amide bonds. The van der Waals surface area contributed by atoms with Gasteiger partial charge in [0.15, 0.2) is 11.6 Å². The monoisotopic (exact) mass is 306 g/mol. The Morgan fingerprint density at radius 1 is 0.826 bits per heavy atom. The molecule has 1 aliphatic rings. The van der Waals surface area contributed by atoms with E-state index in [1.807, 2.05) is 30.3 Å². The molecule has 0 spiro atoms. The summed E-state index contributed by atoms with van der Waals surface area (Å²) in [7, 11) is 0. The summed E-state index contributed by atoms with van der Waals surface area (Å²) < 4.78 is 0. The van der Waals surface area contributed by atoms with E-state index in [1.165, 1.54) is 24.8 Å². The van der Waals surface area contributed by atoms with Crippen LogP contribution in [0.4, 0.5) is 0 Å². The van der Waals surface area contributed by atoms with Crippen LogP contribution in [0, 0.1) is 0 Å². The fraction of sp³-hybridized carbons (Fsp3) is 0.333. The molecule has 2 aromatic rings. The van der Waals surface area contributed by atoms with E-state index in [9.17, 15) is 9.59 Å². The number of unbranched alkanes of at least 4 members (excludes halogenated alkanes) is 3. The minimum Gasteiger partial charge on any atom is -0.293 e. The van der Waals surface area contributed by atoms with Gasteiger partial charge in [0.1, 0.15) is 5.92 Å². The van der Waals surface area contributed by atoms with Crippen molar-refractivity contribution in [3.05, 3.63) is 70.8 Å². The summed E-state index contributed by atoms with van der Waals surface area (Å²) in [5, 5.41) is 0. The van der Waals surface area contributed by atoms with Crippen molar-refractivity contribution in [2.45, 2.75) is 44.9 Å². The first-order chi connectivity index (χ1) is 11.2. The second-order valence-corrected chi connectivity index (χ2v) is 6.26. The molecule has 118 valence electrons. The van der Waals surface area contributed by atoms with Crippen molar-refractivity contribution in [3.8, 4) is 0 Å². The summed E-state index contributed by atoms with van der Waals surface area (Å²) in [6, 6.07) is 15.1. The van der Waals surface area contributed by atoms with Crippen molar-refractivity contribution in [1.29, 1.82) is 0 Å². The summed E-state index contributed by atoms with van der Waals surface area (Å²) in [5.74, 6) is -0.773. The molecule has 0 saturated carbocycles. The fourth-order valence-corrected chi connectivity index (χ4v) is 3.33. The molecule has 0 aromatic heterocycles. The van der Waals surface area contributed by atoms with Crippen LogP contribution < -0.4 is 0 Å². The van der Waals surface area contributed by atoms with Crippen LogP contribution in [0.3, 0.4) is 0 Å². The third kappa shape index (κ3) is 3.12. The standard InChI is InChI=1S/C21H22O2/c1-2-3-4-5-9-15-10-8-11-16(14-15)19-20(22)17-12-6-7-13-18(17)21(19)23/h6-8,10-14,19H,2-5,9H2,1H3. The van der Waals surface area contributed by atoms with Crippen molar-refractivity contribution in [3.63, 3.8) is 0 Å². The van der Waals surface area contributed by atoms with Crippen LogP contribution in [0.5, 0.6) is 0 Å². The molecule has 2 nitrogen and oxygen atoms in total. The van der Waals surface area contributed by atoms with E-state index in [0.29, 0.717) is 11.1 Å². The molecule has 0 unspecified atom stereocenters. The van der Waals surface area contributed by atoms with Gasteiger partial charge in [-0.1, -0.05) is 74.7 Å². The molecular formula is C21H22O2. The van der Waals surface area contributed by atoms with Crippen molar-refractivity contribution < 1.29 is 9.59 Å². The molecule has 2 heteroatoms. The van der Waals surface area contributed by atoms with Crippen molar-refractivity contribution in [1.82, 2.24) is 0 Å². The van der Waals surface area contributed by atoms with Gasteiger partial charge >= 0.3 is 0 Å². The van der Waals surface area contributed by atoms with Crippen molar-refractivity contribution in [2.24, 2.45) is 0 Å². The van der Waals surface area contributed by atoms with E-state index in [-0.39, 0.29) is 11.6 Å². The summed E-state index contributed by atoms with van der Waals surface area (Å²) in [5.41, 5.74) is 3.19. The average Bonchev–Trinajstić information content (AvgIpc) is 2.84. The average molecular weight is 306 g/mol. The lowest BCUT2D eigenvalue weighted by Crippen LogP contribution is -2.13. The Balaban J connectivity index is 1.80. The first-order valence-electron chi connectivity index (χ1n) is 8.48. The Morgan fingerprint density at radius 2 is 1.52 bits per heavy atom. The number of ketones is 2. The molecular weight excluding hydrogens is 284 g/mol. The second-order valence-electron chi connectivity index (χ2n) is 6.26. The van der Waals surface area contributed by atoms with Crippen LogP contribution in [-0.2, 0) is 6.42 Å². The summed E-state index contributed by atoms with van der Waals surface area (Å²) in [4.78, 5) is 25.2. The van der Waals surface area contributed by atoms with E-state index >= 15 is 0 Å². The van der Waals surface area contributed by atoms with Gasteiger partial charge in [0.25, 0.3) is 0 Å². The van der Waals surface area contributed by atoms with Gasteiger partial charge < -0.3 is 0 Å². The lowest BCUT2D eigenvalue weighted by Gasteiger charge is -2.10. The molecule has 0 atom stereocenters. The van der Waals surface area contributed by atoms with Crippen molar-refractivity contribution >= 4 is 11.6 Å². The topological polar surface area (TPSA) is 34.1 Å². The van der Waals surface area contributed by atoms with Gasteiger partial charge in [-0.05, 0) is 24.0 Å². The highest BCUT2D eigenvalue weighted by molar-refractivity contribution is 6.29. The molecule has 2 aromatic carbocycles. The molecule has 0 saturated heterocycles. The molecule has 3 rings (SSSR count). The highest BCUT2D eigenvalue weighted by atomic mass is 16.2. The smallest absolute Gasteiger partial charge is 0.178 e. The second kappa shape index (κ2) is 6.91. The van der Waals surface area contributed by atoms with Crippen LogP contribution in [-0.4, -0.2) is 11.6 Å². The Hall–Kier alpha value is -2.22. The number of rotatable bonds is 6. The first kappa shape index (κ1) is 15.7. The molecule has 23 heavy (non-hydrogen) atoms. The summed E-state index contributed by atoms with van der Waals surface area (Å²) in [6.07, 6.45) is 5.88. The Labute approximate surface area is 137 Å². The minimum absolute atomic E-state index is 0.0614. The highest BCUT2D eigenvalue weighted by Gasteiger charge is 2.39. The van der Waals surface area contributed by atoms with Gasteiger partial charge in [0, 0.05) is 11.1 Å². The normalized spacial score (nSPS) is 14.3. The zero-order valence-electron chi connectivity index (χ0n) is 13.5. The molecule has 0 fully saturated rings. The maximum atomic E-state index is 12.6. The van der Waals surface area contributed by atoms with E-state index in [4.69, 9.17) is 0 Å². The quantitative estimate of drug-likeness (QED) is 0.557.